The maximum atomic E-state index is 8.80. The lowest BCUT2D eigenvalue weighted by molar-refractivity contribution is 0.0926. The molecule has 1 heterocycles. The van der Waals surface area contributed by atoms with Crippen molar-refractivity contribution < 1.29 is 19.3 Å². The van der Waals surface area contributed by atoms with Crippen molar-refractivity contribution >= 4 is 11.8 Å². The minimum absolute atomic E-state index is 0.0550. The molecule has 0 aromatic heterocycles. The zero-order valence-electron chi connectivity index (χ0n) is 11.3. The zero-order chi connectivity index (χ0) is 13.7. The van der Waals surface area contributed by atoms with Crippen LogP contribution in [0.4, 0.5) is 0 Å². The van der Waals surface area contributed by atoms with Gasteiger partial charge in [0.1, 0.15) is 0 Å². The molecule has 0 saturated carbocycles. The third-order valence-corrected chi connectivity index (χ3v) is 4.41. The third kappa shape index (κ3) is 3.16. The summed E-state index contributed by atoms with van der Waals surface area (Å²) >= 11 is 1.86. The van der Waals surface area contributed by atoms with Gasteiger partial charge in [0.05, 0.1) is 39.3 Å². The highest BCUT2D eigenvalue weighted by molar-refractivity contribution is 7.99. The zero-order valence-corrected chi connectivity index (χ0v) is 12.2. The first-order valence-electron chi connectivity index (χ1n) is 6.35. The molecule has 1 aromatic rings. The van der Waals surface area contributed by atoms with E-state index < -0.39 is 0 Å². The molecule has 1 atom stereocenters. The second kappa shape index (κ2) is 7.03. The number of aliphatic hydroxyl groups excluding tert-OH is 1. The van der Waals surface area contributed by atoms with Crippen LogP contribution in [0.2, 0.25) is 0 Å². The highest BCUT2D eigenvalue weighted by Gasteiger charge is 2.27. The summed E-state index contributed by atoms with van der Waals surface area (Å²) in [7, 11) is 3.32. The summed E-state index contributed by atoms with van der Waals surface area (Å²) in [5.41, 5.74) is 2.48. The van der Waals surface area contributed by atoms with Crippen LogP contribution in [0, 0.1) is 0 Å². The number of aliphatic hydroxyl groups is 1. The maximum absolute atomic E-state index is 8.80. The first-order chi connectivity index (χ1) is 9.31. The van der Waals surface area contributed by atoms with E-state index in [9.17, 15) is 0 Å². The number of fused-ring (bicyclic) bond motifs is 1. The number of thioether (sulfide) groups is 1. The van der Waals surface area contributed by atoms with E-state index in [1.807, 2.05) is 17.8 Å². The van der Waals surface area contributed by atoms with E-state index in [2.05, 4.69) is 6.07 Å². The molecule has 1 N–H and O–H groups in total. The number of hydrogen-bond donors (Lipinski definition) is 1. The van der Waals surface area contributed by atoms with Crippen LogP contribution in [0.3, 0.4) is 0 Å². The van der Waals surface area contributed by atoms with E-state index in [-0.39, 0.29) is 11.9 Å². The van der Waals surface area contributed by atoms with Gasteiger partial charge in [-0.05, 0) is 23.8 Å². The van der Waals surface area contributed by atoms with Gasteiger partial charge in [-0.1, -0.05) is 6.07 Å². The van der Waals surface area contributed by atoms with Crippen molar-refractivity contribution in [1.82, 2.24) is 0 Å². The van der Waals surface area contributed by atoms with Gasteiger partial charge < -0.3 is 19.3 Å². The van der Waals surface area contributed by atoms with Crippen LogP contribution in [0.15, 0.2) is 12.1 Å². The van der Waals surface area contributed by atoms with Gasteiger partial charge in [0.15, 0.2) is 11.5 Å². The lowest BCUT2D eigenvalue weighted by Gasteiger charge is -2.27. The molecule has 19 heavy (non-hydrogen) atoms. The van der Waals surface area contributed by atoms with Crippen molar-refractivity contribution in [3.8, 4) is 11.5 Å². The Kier molecular flexibility index (Phi) is 5.36. The second-order valence-corrected chi connectivity index (χ2v) is 5.59. The molecule has 106 valence electrons. The van der Waals surface area contributed by atoms with Gasteiger partial charge in [0.2, 0.25) is 0 Å². The van der Waals surface area contributed by atoms with Gasteiger partial charge in [0.25, 0.3) is 0 Å². The van der Waals surface area contributed by atoms with Gasteiger partial charge in [-0.25, -0.2) is 0 Å². The highest BCUT2D eigenvalue weighted by Crippen LogP contribution is 2.46. The van der Waals surface area contributed by atoms with Crippen LogP contribution < -0.4 is 9.47 Å². The smallest absolute Gasteiger partial charge is 0.165 e. The molecular formula is C14H20O4S. The molecule has 1 unspecified atom stereocenters. The van der Waals surface area contributed by atoms with Crippen LogP contribution in [-0.4, -0.2) is 44.9 Å². The van der Waals surface area contributed by atoms with Crippen molar-refractivity contribution in [2.45, 2.75) is 11.7 Å². The van der Waals surface area contributed by atoms with E-state index >= 15 is 0 Å². The van der Waals surface area contributed by atoms with Crippen molar-refractivity contribution in [2.75, 3.05) is 39.8 Å². The van der Waals surface area contributed by atoms with E-state index in [0.717, 1.165) is 23.7 Å². The Morgan fingerprint density at radius 1 is 1.32 bits per heavy atom. The van der Waals surface area contributed by atoms with Gasteiger partial charge in [-0.2, -0.15) is 11.8 Å². The molecular weight excluding hydrogens is 264 g/mol. The van der Waals surface area contributed by atoms with Crippen LogP contribution in [-0.2, 0) is 11.2 Å². The Labute approximate surface area is 118 Å². The Morgan fingerprint density at radius 2 is 2.16 bits per heavy atom. The summed E-state index contributed by atoms with van der Waals surface area (Å²) in [6.07, 6.45) is 1.04. The summed E-state index contributed by atoms with van der Waals surface area (Å²) in [6, 6.07) is 4.06. The Hall–Kier alpha value is -0.910. The molecule has 0 saturated heterocycles. The number of benzene rings is 1. The molecule has 0 radical (unpaired) electrons. The van der Waals surface area contributed by atoms with Gasteiger partial charge >= 0.3 is 0 Å². The topological polar surface area (TPSA) is 47.9 Å². The van der Waals surface area contributed by atoms with Gasteiger partial charge in [0, 0.05) is 5.56 Å². The maximum Gasteiger partial charge on any atom is 0.165 e. The number of ether oxygens (including phenoxy) is 3. The summed E-state index contributed by atoms with van der Waals surface area (Å²) < 4.78 is 16.4. The summed E-state index contributed by atoms with van der Waals surface area (Å²) in [4.78, 5) is 0. The van der Waals surface area contributed by atoms with Crippen LogP contribution in [0.5, 0.6) is 11.5 Å². The molecule has 0 amide bonds. The molecule has 1 aliphatic rings. The molecule has 2 rings (SSSR count). The monoisotopic (exact) mass is 284 g/mol. The average molecular weight is 284 g/mol. The largest absolute Gasteiger partial charge is 0.493 e. The van der Waals surface area contributed by atoms with E-state index in [0.29, 0.717) is 13.2 Å². The lowest BCUT2D eigenvalue weighted by atomic mass is 10.00. The Morgan fingerprint density at radius 3 is 2.84 bits per heavy atom. The minimum atomic E-state index is 0.0550. The first-order valence-corrected chi connectivity index (χ1v) is 7.40. The number of aryl methyl sites for hydroxylation is 1. The van der Waals surface area contributed by atoms with Crippen molar-refractivity contribution in [2.24, 2.45) is 0 Å². The van der Waals surface area contributed by atoms with E-state index in [4.69, 9.17) is 19.3 Å². The Balaban J connectivity index is 2.29. The van der Waals surface area contributed by atoms with Crippen LogP contribution >= 0.6 is 11.8 Å². The van der Waals surface area contributed by atoms with E-state index in [1.165, 1.54) is 11.1 Å². The van der Waals surface area contributed by atoms with Crippen LogP contribution in [0.1, 0.15) is 16.4 Å². The summed E-state index contributed by atoms with van der Waals surface area (Å²) in [5, 5.41) is 9.03. The fourth-order valence-corrected chi connectivity index (χ4v) is 3.58. The van der Waals surface area contributed by atoms with Crippen molar-refractivity contribution in [3.05, 3.63) is 23.3 Å². The standard InChI is InChI=1S/C14H20O4S/c1-16-11-4-3-10-5-8-19-12(9-18-7-6-15)13(10)14(11)17-2/h3-4,12,15H,5-9H2,1-2H3. The molecule has 1 aliphatic heterocycles. The van der Waals surface area contributed by atoms with Crippen molar-refractivity contribution in [3.63, 3.8) is 0 Å². The number of rotatable bonds is 6. The minimum Gasteiger partial charge on any atom is -0.493 e. The third-order valence-electron chi connectivity index (χ3n) is 3.19. The Bertz CT molecular complexity index is 422. The second-order valence-electron chi connectivity index (χ2n) is 4.28. The molecule has 4 nitrogen and oxygen atoms in total. The molecule has 0 spiro atoms. The average Bonchev–Trinajstić information content (AvgIpc) is 2.46. The predicted molar refractivity (Wildman–Crippen MR) is 76.4 cm³/mol. The SMILES string of the molecule is COc1ccc2c(c1OC)C(COCCO)SCC2. The molecule has 0 aliphatic carbocycles. The van der Waals surface area contributed by atoms with Crippen molar-refractivity contribution in [1.29, 1.82) is 0 Å². The number of hydrogen-bond acceptors (Lipinski definition) is 5. The fourth-order valence-electron chi connectivity index (χ4n) is 2.34. The molecule has 1 aromatic carbocycles. The molecule has 5 heteroatoms. The molecule has 0 bridgehead atoms. The van der Waals surface area contributed by atoms with Crippen LogP contribution in [0.25, 0.3) is 0 Å². The van der Waals surface area contributed by atoms with Gasteiger partial charge in [-0.15, -0.1) is 0 Å². The highest BCUT2D eigenvalue weighted by atomic mass is 32.2. The van der Waals surface area contributed by atoms with Gasteiger partial charge in [-0.3, -0.25) is 0 Å². The first kappa shape index (κ1) is 14.5. The summed E-state index contributed by atoms with van der Waals surface area (Å²) in [5.74, 6) is 2.65. The summed E-state index contributed by atoms with van der Waals surface area (Å²) in [6.45, 7) is 1.01. The fraction of sp³-hybridized carbons (Fsp3) is 0.571. The predicted octanol–water partition coefficient (Wildman–Crippen LogP) is 2.04. The normalized spacial score (nSPS) is 17.9. The lowest BCUT2D eigenvalue weighted by Crippen LogP contribution is -2.16. The van der Waals surface area contributed by atoms with E-state index in [1.54, 1.807) is 14.2 Å². The quantitative estimate of drug-likeness (QED) is 0.810. The molecule has 0 fully saturated rings. The number of methoxy groups -OCH3 is 2.